The van der Waals surface area contributed by atoms with Gasteiger partial charge in [-0.15, -0.1) is 0 Å². The van der Waals surface area contributed by atoms with E-state index in [9.17, 15) is 0 Å². The molecule has 56 heavy (non-hydrogen) atoms. The van der Waals surface area contributed by atoms with Gasteiger partial charge in [0.2, 0.25) is 5.95 Å². The van der Waals surface area contributed by atoms with E-state index in [4.69, 9.17) is 9.97 Å². The summed E-state index contributed by atoms with van der Waals surface area (Å²) in [5.41, 5.74) is 12.9. The molecule has 262 valence electrons. The summed E-state index contributed by atoms with van der Waals surface area (Å²) in [6.45, 7) is 4.74. The monoisotopic (exact) mass is 713 g/mol. The maximum atomic E-state index is 5.51. The molecule has 0 spiro atoms. The molecule has 9 aromatic carbocycles. The van der Waals surface area contributed by atoms with E-state index in [1.807, 2.05) is 0 Å². The van der Waals surface area contributed by atoms with Gasteiger partial charge in [0.15, 0.2) is 0 Å². The van der Waals surface area contributed by atoms with E-state index < -0.39 is 0 Å². The van der Waals surface area contributed by atoms with Gasteiger partial charge in [-0.25, -0.2) is 9.97 Å². The Labute approximate surface area is 324 Å². The maximum absolute atomic E-state index is 5.51. The first-order valence-corrected chi connectivity index (χ1v) is 19.4. The fourth-order valence-electron chi connectivity index (χ4n) is 9.75. The number of rotatable bonds is 3. The van der Waals surface area contributed by atoms with Crippen LogP contribution in [0.25, 0.3) is 104 Å². The largest absolute Gasteiger partial charge is 0.278 e. The molecule has 0 bridgehead atoms. The third-order valence-electron chi connectivity index (χ3n) is 12.4. The minimum atomic E-state index is -0.113. The number of hydrogen-bond acceptors (Lipinski definition) is 2. The molecule has 0 atom stereocenters. The van der Waals surface area contributed by atoms with E-state index in [0.29, 0.717) is 5.95 Å². The van der Waals surface area contributed by atoms with Crippen molar-refractivity contribution in [1.82, 2.24) is 14.5 Å². The highest BCUT2D eigenvalue weighted by molar-refractivity contribution is 6.16. The Balaban J connectivity index is 1.11. The van der Waals surface area contributed by atoms with Crippen LogP contribution in [0.3, 0.4) is 0 Å². The van der Waals surface area contributed by atoms with Crippen LogP contribution in [0, 0.1) is 0 Å². The minimum absolute atomic E-state index is 0.113. The van der Waals surface area contributed by atoms with Crippen LogP contribution in [0.15, 0.2) is 176 Å². The molecule has 0 saturated heterocycles. The molecule has 0 saturated carbocycles. The Bertz CT molecular complexity index is 3440. The summed E-state index contributed by atoms with van der Waals surface area (Å²) < 4.78 is 2.28. The molecule has 1 aliphatic rings. The van der Waals surface area contributed by atoms with Crippen LogP contribution < -0.4 is 0 Å². The van der Waals surface area contributed by atoms with Gasteiger partial charge in [-0.1, -0.05) is 166 Å². The lowest BCUT2D eigenvalue weighted by Crippen LogP contribution is -2.15. The van der Waals surface area contributed by atoms with Gasteiger partial charge < -0.3 is 0 Å². The molecular formula is C53H35N3. The van der Waals surface area contributed by atoms with Crippen molar-refractivity contribution < 1.29 is 0 Å². The normalized spacial score (nSPS) is 13.3. The Morgan fingerprint density at radius 3 is 1.93 bits per heavy atom. The molecule has 3 nitrogen and oxygen atoms in total. The smallest absolute Gasteiger partial charge is 0.235 e. The predicted octanol–water partition coefficient (Wildman–Crippen LogP) is 13.8. The van der Waals surface area contributed by atoms with Gasteiger partial charge in [0.25, 0.3) is 0 Å². The third kappa shape index (κ3) is 4.34. The van der Waals surface area contributed by atoms with Crippen molar-refractivity contribution >= 4 is 65.0 Å². The summed E-state index contributed by atoms with van der Waals surface area (Å²) >= 11 is 0. The first-order valence-electron chi connectivity index (χ1n) is 19.4. The van der Waals surface area contributed by atoms with Gasteiger partial charge >= 0.3 is 0 Å². The van der Waals surface area contributed by atoms with Crippen molar-refractivity contribution in [3.05, 3.63) is 187 Å². The van der Waals surface area contributed by atoms with E-state index in [2.05, 4.69) is 194 Å². The molecule has 0 unspecified atom stereocenters. The predicted molar refractivity (Wildman–Crippen MR) is 235 cm³/mol. The fourth-order valence-corrected chi connectivity index (χ4v) is 9.75. The summed E-state index contributed by atoms with van der Waals surface area (Å²) in [5, 5.41) is 10.7. The van der Waals surface area contributed by atoms with E-state index in [0.717, 1.165) is 44.0 Å². The second-order valence-corrected chi connectivity index (χ2v) is 15.8. The molecule has 0 N–H and O–H groups in total. The molecule has 0 radical (unpaired) electrons. The van der Waals surface area contributed by atoms with E-state index >= 15 is 0 Å². The van der Waals surface area contributed by atoms with Crippen LogP contribution in [0.5, 0.6) is 0 Å². The highest BCUT2D eigenvalue weighted by atomic mass is 15.2. The zero-order chi connectivity index (χ0) is 37.1. The number of hydrogen-bond donors (Lipinski definition) is 0. The van der Waals surface area contributed by atoms with Crippen molar-refractivity contribution in [2.75, 3.05) is 0 Å². The standard InChI is InChI=1S/C53H35N3/c1-53(2)46-20-9-7-17-40(46)42-28-27-36-30-48-45(31-44(36)49(42)53)41-18-8-10-21-47(41)56(48)52-54-50(43-29-26-33-13-4-6-16-39(33)51(43)55-52)35-24-22-34(23-25-35)38-19-11-14-32-12-3-5-15-37(32)38/h3-31H,1-2H3. The van der Waals surface area contributed by atoms with Crippen LogP contribution in [-0.4, -0.2) is 14.5 Å². The van der Waals surface area contributed by atoms with Crippen molar-refractivity contribution in [3.8, 4) is 39.5 Å². The Kier molecular flexibility index (Phi) is 6.40. The fraction of sp³-hybridized carbons (Fsp3) is 0.0566. The quantitative estimate of drug-likeness (QED) is 0.171. The van der Waals surface area contributed by atoms with E-state index in [1.165, 1.54) is 65.7 Å². The summed E-state index contributed by atoms with van der Waals surface area (Å²) in [5.74, 6) is 0.668. The van der Waals surface area contributed by atoms with E-state index in [1.54, 1.807) is 0 Å². The van der Waals surface area contributed by atoms with Crippen molar-refractivity contribution in [2.45, 2.75) is 19.3 Å². The molecule has 11 aromatic rings. The highest BCUT2D eigenvalue weighted by Crippen LogP contribution is 2.52. The summed E-state index contributed by atoms with van der Waals surface area (Å²) in [6.07, 6.45) is 0. The number of para-hydroxylation sites is 1. The summed E-state index contributed by atoms with van der Waals surface area (Å²) in [7, 11) is 0. The lowest BCUT2D eigenvalue weighted by molar-refractivity contribution is 0.666. The molecule has 0 amide bonds. The van der Waals surface area contributed by atoms with Crippen LogP contribution >= 0.6 is 0 Å². The average Bonchev–Trinajstić information content (AvgIpc) is 3.70. The van der Waals surface area contributed by atoms with Crippen LogP contribution in [0.4, 0.5) is 0 Å². The zero-order valence-corrected chi connectivity index (χ0v) is 31.1. The molecule has 3 heteroatoms. The second kappa shape index (κ2) is 11.5. The Morgan fingerprint density at radius 1 is 0.411 bits per heavy atom. The summed E-state index contributed by atoms with van der Waals surface area (Å²) in [4.78, 5) is 11.0. The first-order chi connectivity index (χ1) is 27.5. The number of fused-ring (bicyclic) bond motifs is 12. The SMILES string of the molecule is CC1(C)c2ccccc2-c2ccc3cc4c(cc3c21)c1ccccc1n4-c1nc(-c2ccc(-c3cccc4ccccc34)cc2)c2ccc3ccccc3c2n1. The van der Waals surface area contributed by atoms with Crippen LogP contribution in [0.1, 0.15) is 25.0 Å². The topological polar surface area (TPSA) is 30.7 Å². The lowest BCUT2D eigenvalue weighted by Gasteiger charge is -2.23. The maximum Gasteiger partial charge on any atom is 0.235 e. The van der Waals surface area contributed by atoms with Crippen LogP contribution in [-0.2, 0) is 5.41 Å². The molecule has 0 fully saturated rings. The molecule has 0 aliphatic heterocycles. The van der Waals surface area contributed by atoms with Crippen molar-refractivity contribution in [3.63, 3.8) is 0 Å². The van der Waals surface area contributed by atoms with Crippen molar-refractivity contribution in [2.24, 2.45) is 0 Å². The Hall–Kier alpha value is -7.10. The van der Waals surface area contributed by atoms with Gasteiger partial charge in [-0.2, -0.15) is 0 Å². The van der Waals surface area contributed by atoms with Crippen LogP contribution in [0.2, 0.25) is 0 Å². The first kappa shape index (κ1) is 31.3. The molecule has 2 aromatic heterocycles. The van der Waals surface area contributed by atoms with E-state index in [-0.39, 0.29) is 5.41 Å². The second-order valence-electron chi connectivity index (χ2n) is 15.8. The van der Waals surface area contributed by atoms with Gasteiger partial charge in [0, 0.05) is 32.5 Å². The van der Waals surface area contributed by atoms with Gasteiger partial charge in [-0.3, -0.25) is 4.57 Å². The molecule has 1 aliphatic carbocycles. The molecule has 12 rings (SSSR count). The van der Waals surface area contributed by atoms with Gasteiger partial charge in [-0.05, 0) is 84.6 Å². The third-order valence-corrected chi connectivity index (χ3v) is 12.4. The molecule has 2 heterocycles. The van der Waals surface area contributed by atoms with Gasteiger partial charge in [0.05, 0.1) is 22.2 Å². The number of benzene rings is 9. The average molecular weight is 714 g/mol. The summed E-state index contributed by atoms with van der Waals surface area (Å²) in [6, 6.07) is 64.0. The molecular weight excluding hydrogens is 679 g/mol. The number of nitrogens with zero attached hydrogens (tertiary/aromatic N) is 3. The van der Waals surface area contributed by atoms with Crippen molar-refractivity contribution in [1.29, 1.82) is 0 Å². The Morgan fingerprint density at radius 2 is 1.07 bits per heavy atom. The number of aromatic nitrogens is 3. The lowest BCUT2D eigenvalue weighted by atomic mass is 9.80. The van der Waals surface area contributed by atoms with Gasteiger partial charge in [0.1, 0.15) is 0 Å². The highest BCUT2D eigenvalue weighted by Gasteiger charge is 2.36. The minimum Gasteiger partial charge on any atom is -0.278 e. The zero-order valence-electron chi connectivity index (χ0n) is 31.1.